The number of alkyl halides is 3. The lowest BCUT2D eigenvalue weighted by Crippen LogP contribution is -2.06. The van der Waals surface area contributed by atoms with Crippen LogP contribution in [0.2, 0.25) is 0 Å². The molecule has 0 radical (unpaired) electrons. The van der Waals surface area contributed by atoms with Crippen LogP contribution in [0.15, 0.2) is 24.3 Å². The van der Waals surface area contributed by atoms with Crippen molar-refractivity contribution in [3.05, 3.63) is 29.8 Å². The van der Waals surface area contributed by atoms with E-state index in [1.807, 2.05) is 12.1 Å². The number of halogens is 3. The Hall–Kier alpha value is -2.16. The summed E-state index contributed by atoms with van der Waals surface area (Å²) in [6.07, 6.45) is 7.83. The van der Waals surface area contributed by atoms with E-state index in [-0.39, 0.29) is 6.42 Å². The Morgan fingerprint density at radius 3 is 1.73 bits per heavy atom. The van der Waals surface area contributed by atoms with Gasteiger partial charge in [-0.2, -0.15) is 13.2 Å². The molecule has 0 saturated carbocycles. The summed E-state index contributed by atoms with van der Waals surface area (Å²) < 4.78 is 36.0. The van der Waals surface area contributed by atoms with Crippen LogP contribution in [0.3, 0.4) is 0 Å². The van der Waals surface area contributed by atoms with Gasteiger partial charge in [0.25, 0.3) is 0 Å². The third-order valence-electron chi connectivity index (χ3n) is 4.91. The van der Waals surface area contributed by atoms with E-state index in [0.29, 0.717) is 12.0 Å². The Balaban J connectivity index is 1.88. The van der Waals surface area contributed by atoms with E-state index in [9.17, 15) is 18.0 Å². The number of unbranched alkanes of at least 4 members (excludes halogenated alkanes) is 11. The van der Waals surface area contributed by atoms with Crippen LogP contribution >= 0.6 is 0 Å². The first-order valence-electron chi connectivity index (χ1n) is 11.0. The van der Waals surface area contributed by atoms with Gasteiger partial charge in [-0.1, -0.05) is 70.1 Å². The second kappa shape index (κ2) is 15.6. The van der Waals surface area contributed by atoms with Crippen LogP contribution < -0.4 is 5.32 Å². The fraction of sp³-hybridized carbons (Fsp3) is 0.625. The van der Waals surface area contributed by atoms with Gasteiger partial charge < -0.3 is 10.4 Å². The van der Waals surface area contributed by atoms with Crippen LogP contribution in [0.4, 0.5) is 18.9 Å². The maximum atomic E-state index is 12.0. The number of nitrogens with one attached hydrogen (secondary N) is 1. The first kappa shape index (κ1) is 25.9. The fourth-order valence-corrected chi connectivity index (χ4v) is 3.25. The molecule has 6 heteroatoms. The van der Waals surface area contributed by atoms with Crippen molar-refractivity contribution < 1.29 is 23.1 Å². The average molecular weight is 426 g/mol. The molecule has 0 spiro atoms. The van der Waals surface area contributed by atoms with E-state index in [4.69, 9.17) is 5.11 Å². The van der Waals surface area contributed by atoms with Crippen molar-refractivity contribution in [1.82, 2.24) is 0 Å². The average Bonchev–Trinajstić information content (AvgIpc) is 2.69. The van der Waals surface area contributed by atoms with E-state index in [2.05, 4.69) is 17.2 Å². The lowest BCUT2D eigenvalue weighted by molar-refractivity contribution is -0.135. The monoisotopic (exact) mass is 425 g/mol. The molecule has 0 unspecified atom stereocenters. The molecule has 0 amide bonds. The lowest BCUT2D eigenvalue weighted by atomic mass is 10.0. The van der Waals surface area contributed by atoms with Gasteiger partial charge in [-0.05, 0) is 37.1 Å². The van der Waals surface area contributed by atoms with Crippen molar-refractivity contribution in [3.8, 4) is 11.8 Å². The molecule has 0 aliphatic carbocycles. The minimum atomic E-state index is -4.00. The molecule has 30 heavy (non-hydrogen) atoms. The molecule has 0 fully saturated rings. The van der Waals surface area contributed by atoms with E-state index in [1.165, 1.54) is 38.5 Å². The third-order valence-corrected chi connectivity index (χ3v) is 4.91. The number of benzene rings is 1. The van der Waals surface area contributed by atoms with Gasteiger partial charge in [0.05, 0.1) is 0 Å². The highest BCUT2D eigenvalue weighted by Gasteiger charge is 2.25. The molecular formula is C24H34F3NO2. The van der Waals surface area contributed by atoms with Crippen molar-refractivity contribution >= 4 is 11.7 Å². The Kier molecular flexibility index (Phi) is 13.5. The van der Waals surface area contributed by atoms with Gasteiger partial charge in [0.15, 0.2) is 0 Å². The van der Waals surface area contributed by atoms with Crippen molar-refractivity contribution in [1.29, 1.82) is 0 Å². The minimum Gasteiger partial charge on any atom is -0.472 e. The van der Waals surface area contributed by atoms with E-state index < -0.39 is 18.6 Å². The summed E-state index contributed by atoms with van der Waals surface area (Å²) in [4.78, 5) is 10.4. The molecule has 0 aliphatic heterocycles. The maximum Gasteiger partial charge on any atom is 0.389 e. The van der Waals surface area contributed by atoms with Crippen molar-refractivity contribution in [3.63, 3.8) is 0 Å². The third kappa shape index (κ3) is 15.7. The number of hydrogen-bond donors (Lipinski definition) is 2. The molecule has 0 bridgehead atoms. The van der Waals surface area contributed by atoms with Gasteiger partial charge >= 0.3 is 12.1 Å². The van der Waals surface area contributed by atoms with Gasteiger partial charge in [0.2, 0.25) is 0 Å². The summed E-state index contributed by atoms with van der Waals surface area (Å²) >= 11 is 0. The van der Waals surface area contributed by atoms with Crippen molar-refractivity contribution in [2.45, 2.75) is 89.6 Å². The molecule has 0 aromatic heterocycles. The molecule has 0 heterocycles. The predicted octanol–water partition coefficient (Wildman–Crippen LogP) is 7.17. The highest BCUT2D eigenvalue weighted by molar-refractivity contribution is 5.87. The van der Waals surface area contributed by atoms with Crippen molar-refractivity contribution in [2.24, 2.45) is 0 Å². The fourth-order valence-electron chi connectivity index (χ4n) is 3.25. The van der Waals surface area contributed by atoms with Crippen LogP contribution in [0.5, 0.6) is 0 Å². The lowest BCUT2D eigenvalue weighted by Gasteiger charge is -2.07. The summed E-state index contributed by atoms with van der Waals surface area (Å²) in [7, 11) is 0. The molecule has 168 valence electrons. The number of anilines is 1. The zero-order valence-corrected chi connectivity index (χ0v) is 17.7. The number of carboxylic acids is 1. The number of carboxylic acid groups (broad SMARTS) is 1. The summed E-state index contributed by atoms with van der Waals surface area (Å²) in [5.74, 6) is 3.55. The highest BCUT2D eigenvalue weighted by atomic mass is 19.4. The number of carbonyl (C=O) groups is 1. The van der Waals surface area contributed by atoms with E-state index in [1.54, 1.807) is 12.1 Å². The minimum absolute atomic E-state index is 0.269. The first-order valence-corrected chi connectivity index (χ1v) is 11.0. The molecule has 0 aliphatic rings. The zero-order chi connectivity index (χ0) is 22.1. The molecule has 1 aromatic carbocycles. The molecule has 2 N–H and O–H groups in total. The second-order valence-corrected chi connectivity index (χ2v) is 7.67. The van der Waals surface area contributed by atoms with E-state index in [0.717, 1.165) is 37.9 Å². The smallest absolute Gasteiger partial charge is 0.389 e. The van der Waals surface area contributed by atoms with Crippen LogP contribution in [0.1, 0.15) is 89.0 Å². The molecule has 3 nitrogen and oxygen atoms in total. The molecule has 1 rings (SSSR count). The molecule has 1 aromatic rings. The Labute approximate surface area is 178 Å². The first-order chi connectivity index (χ1) is 14.4. The van der Waals surface area contributed by atoms with E-state index >= 15 is 0 Å². The van der Waals surface area contributed by atoms with Gasteiger partial charge in [0.1, 0.15) is 0 Å². The Morgan fingerprint density at radius 2 is 1.27 bits per heavy atom. The summed E-state index contributed by atoms with van der Waals surface area (Å²) in [6, 6.07) is 7.42. The largest absolute Gasteiger partial charge is 0.472 e. The summed E-state index contributed by atoms with van der Waals surface area (Å²) in [5.41, 5.74) is 1.69. The molecule has 0 atom stereocenters. The highest BCUT2D eigenvalue weighted by Crippen LogP contribution is 2.23. The second-order valence-electron chi connectivity index (χ2n) is 7.67. The molecular weight excluding hydrogens is 391 g/mol. The Bertz CT molecular complexity index is 645. The van der Waals surface area contributed by atoms with Crippen molar-refractivity contribution in [2.75, 3.05) is 11.9 Å². The van der Waals surface area contributed by atoms with Crippen LogP contribution in [0.25, 0.3) is 0 Å². The zero-order valence-electron chi connectivity index (χ0n) is 17.7. The quantitative estimate of drug-likeness (QED) is 0.231. The summed E-state index contributed by atoms with van der Waals surface area (Å²) in [6.45, 7) is 0.911. The standard InChI is InChI=1S/C24H34F3NO2/c25-24(26,27)19-11-9-7-5-3-1-2-4-6-8-10-12-20-28-22-16-13-21(14-17-22)15-18-23(29)30/h13-14,16-17,28H,1-12,19-20H2,(H,29,30). The number of rotatable bonds is 15. The number of aliphatic carboxylic acids is 1. The molecule has 0 saturated heterocycles. The predicted molar refractivity (Wildman–Crippen MR) is 116 cm³/mol. The van der Waals surface area contributed by atoms with Crippen LogP contribution in [0, 0.1) is 11.8 Å². The van der Waals surface area contributed by atoms with Gasteiger partial charge in [-0.3, -0.25) is 0 Å². The Morgan fingerprint density at radius 1 is 0.800 bits per heavy atom. The normalized spacial score (nSPS) is 11.0. The number of hydrogen-bond acceptors (Lipinski definition) is 2. The van der Waals surface area contributed by atoms with Gasteiger partial charge in [-0.25, -0.2) is 4.79 Å². The van der Waals surface area contributed by atoms with Crippen LogP contribution in [-0.2, 0) is 4.79 Å². The van der Waals surface area contributed by atoms with Crippen LogP contribution in [-0.4, -0.2) is 23.8 Å². The van der Waals surface area contributed by atoms with Gasteiger partial charge in [-0.15, -0.1) is 0 Å². The topological polar surface area (TPSA) is 49.3 Å². The summed E-state index contributed by atoms with van der Waals surface area (Å²) in [5, 5.41) is 11.9. The van der Waals surface area contributed by atoms with Gasteiger partial charge in [0, 0.05) is 30.1 Å². The maximum absolute atomic E-state index is 12.0. The SMILES string of the molecule is O=C(O)C#Cc1ccc(NCCCCCCCCCCCCCCC(F)(F)F)cc1.